The van der Waals surface area contributed by atoms with Gasteiger partial charge in [0.15, 0.2) is 0 Å². The van der Waals surface area contributed by atoms with E-state index >= 15 is 0 Å². The highest BCUT2D eigenvalue weighted by Crippen LogP contribution is 2.49. The number of carbonyl (C=O) groups is 1. The van der Waals surface area contributed by atoms with Gasteiger partial charge in [-0.15, -0.1) is 0 Å². The Morgan fingerprint density at radius 2 is 2.07 bits per heavy atom. The number of carbonyl (C=O) groups excluding carboxylic acids is 1. The lowest BCUT2D eigenvalue weighted by molar-refractivity contribution is -0.119. The van der Waals surface area contributed by atoms with Crippen molar-refractivity contribution in [1.82, 2.24) is 10.2 Å². The van der Waals surface area contributed by atoms with Crippen molar-refractivity contribution in [3.05, 3.63) is 75.7 Å². The Bertz CT molecular complexity index is 998. The molecule has 1 aromatic carbocycles. The topological polar surface area (TPSA) is 41.6 Å². The van der Waals surface area contributed by atoms with Gasteiger partial charge >= 0.3 is 0 Å². The number of nitrogens with zero attached hydrogens (tertiary/aromatic N) is 1. The average Bonchev–Trinajstić information content (AvgIpc) is 2.94. The fourth-order valence-electron chi connectivity index (χ4n) is 3.51. The molecule has 156 valence electrons. The van der Waals surface area contributed by atoms with E-state index in [1.54, 1.807) is 23.5 Å². The molecule has 3 aliphatic heterocycles. The summed E-state index contributed by atoms with van der Waals surface area (Å²) in [4.78, 5) is 19.7. The van der Waals surface area contributed by atoms with E-state index in [9.17, 15) is 4.79 Å². The molecule has 3 heterocycles. The molecular weight excluding hydrogens is 412 g/mol. The summed E-state index contributed by atoms with van der Waals surface area (Å²) in [5.74, 6) is 0.0182. The summed E-state index contributed by atoms with van der Waals surface area (Å²) in [6, 6.07) is 6.32. The molecule has 0 spiro atoms. The SMILES string of the molecule is C=C(C)/C=C\C1=C(C)Sc2cccc(C3=CC(N4CCOCC4)=CCC(=O)N3)c2S1. The van der Waals surface area contributed by atoms with Crippen LogP contribution < -0.4 is 5.32 Å². The summed E-state index contributed by atoms with van der Waals surface area (Å²) < 4.78 is 5.49. The van der Waals surface area contributed by atoms with Gasteiger partial charge in [0.05, 0.1) is 18.9 Å². The van der Waals surface area contributed by atoms with Gasteiger partial charge in [-0.3, -0.25) is 4.79 Å². The molecule has 1 saturated heterocycles. The summed E-state index contributed by atoms with van der Waals surface area (Å²) in [5, 5.41) is 3.13. The van der Waals surface area contributed by atoms with Crippen molar-refractivity contribution < 1.29 is 9.53 Å². The van der Waals surface area contributed by atoms with Crippen LogP contribution in [0.2, 0.25) is 0 Å². The first kappa shape index (κ1) is 21.1. The third kappa shape index (κ3) is 4.77. The van der Waals surface area contributed by atoms with Crippen LogP contribution in [-0.4, -0.2) is 37.1 Å². The smallest absolute Gasteiger partial charge is 0.228 e. The van der Waals surface area contributed by atoms with Gasteiger partial charge in [0, 0.05) is 50.4 Å². The Hall–Kier alpha value is -2.15. The first-order valence-corrected chi connectivity index (χ1v) is 11.7. The maximum absolute atomic E-state index is 12.5. The number of benzene rings is 1. The number of amides is 1. The molecule has 0 atom stereocenters. The van der Waals surface area contributed by atoms with E-state index in [4.69, 9.17) is 4.74 Å². The second-order valence-corrected chi connectivity index (χ2v) is 9.78. The minimum Gasteiger partial charge on any atom is -0.378 e. The lowest BCUT2D eigenvalue weighted by atomic mass is 10.1. The van der Waals surface area contributed by atoms with Crippen molar-refractivity contribution in [3.8, 4) is 0 Å². The minimum atomic E-state index is 0.0182. The van der Waals surface area contributed by atoms with Crippen LogP contribution in [0.5, 0.6) is 0 Å². The second kappa shape index (κ2) is 9.33. The Balaban J connectivity index is 1.70. The Morgan fingerprint density at radius 3 is 2.83 bits per heavy atom. The largest absolute Gasteiger partial charge is 0.378 e. The number of nitrogens with one attached hydrogen (secondary N) is 1. The molecule has 0 aliphatic carbocycles. The highest BCUT2D eigenvalue weighted by atomic mass is 32.2. The lowest BCUT2D eigenvalue weighted by Crippen LogP contribution is -2.35. The van der Waals surface area contributed by atoms with Gasteiger partial charge in [0.1, 0.15) is 0 Å². The van der Waals surface area contributed by atoms with E-state index in [1.807, 2.05) is 19.1 Å². The summed E-state index contributed by atoms with van der Waals surface area (Å²) in [5.41, 5.74) is 4.04. The molecule has 0 radical (unpaired) electrons. The van der Waals surface area contributed by atoms with Crippen molar-refractivity contribution in [2.45, 2.75) is 30.1 Å². The first-order valence-electron chi connectivity index (χ1n) is 10.1. The van der Waals surface area contributed by atoms with Crippen LogP contribution in [0.15, 0.2) is 80.0 Å². The zero-order valence-corrected chi connectivity index (χ0v) is 19.0. The number of morpholine rings is 1. The van der Waals surface area contributed by atoms with Gasteiger partial charge < -0.3 is 15.0 Å². The Labute approximate surface area is 186 Å². The van der Waals surface area contributed by atoms with Crippen molar-refractivity contribution in [2.24, 2.45) is 0 Å². The standard InChI is InChI=1S/C24H26N2O2S2/c1-16(2)7-9-21-17(3)29-22-6-4-5-19(24(22)30-21)20-15-18(8-10-23(27)25-20)26-11-13-28-14-12-26/h4-9,15H,1,10-14H2,2-3H3,(H,25,27)/b9-7-. The zero-order chi connectivity index (χ0) is 21.1. The maximum atomic E-state index is 12.5. The molecule has 4 nitrogen and oxygen atoms in total. The number of rotatable bonds is 4. The van der Waals surface area contributed by atoms with Gasteiger partial charge in [0.2, 0.25) is 5.91 Å². The average molecular weight is 439 g/mol. The molecule has 1 fully saturated rings. The zero-order valence-electron chi connectivity index (χ0n) is 17.4. The lowest BCUT2D eigenvalue weighted by Gasteiger charge is -2.30. The van der Waals surface area contributed by atoms with Crippen molar-refractivity contribution in [3.63, 3.8) is 0 Å². The predicted molar refractivity (Wildman–Crippen MR) is 126 cm³/mol. The van der Waals surface area contributed by atoms with Crippen molar-refractivity contribution >= 4 is 35.1 Å². The minimum absolute atomic E-state index is 0.0182. The summed E-state index contributed by atoms with van der Waals surface area (Å²) in [6.45, 7) is 11.2. The van der Waals surface area contributed by atoms with Crippen LogP contribution in [-0.2, 0) is 9.53 Å². The molecule has 0 unspecified atom stereocenters. The number of thioether (sulfide) groups is 2. The number of hydrogen-bond donors (Lipinski definition) is 1. The fourth-order valence-corrected chi connectivity index (χ4v) is 5.81. The summed E-state index contributed by atoms with van der Waals surface area (Å²) in [7, 11) is 0. The van der Waals surface area contributed by atoms with Gasteiger partial charge in [-0.1, -0.05) is 60.0 Å². The van der Waals surface area contributed by atoms with Crippen LogP contribution in [0.1, 0.15) is 25.8 Å². The number of allylic oxidation sites excluding steroid dienone is 5. The van der Waals surface area contributed by atoms with Crippen LogP contribution in [0.4, 0.5) is 0 Å². The first-order chi connectivity index (χ1) is 14.5. The molecule has 6 heteroatoms. The highest BCUT2D eigenvalue weighted by Gasteiger charge is 2.23. The van der Waals surface area contributed by atoms with Crippen molar-refractivity contribution in [1.29, 1.82) is 0 Å². The fraction of sp³-hybridized carbons (Fsp3) is 0.292. The number of fused-ring (bicyclic) bond motifs is 1. The van der Waals surface area contributed by atoms with E-state index < -0.39 is 0 Å². The van der Waals surface area contributed by atoms with Gasteiger partial charge in [-0.25, -0.2) is 0 Å². The van der Waals surface area contributed by atoms with E-state index in [-0.39, 0.29) is 5.91 Å². The van der Waals surface area contributed by atoms with E-state index in [0.717, 1.165) is 48.8 Å². The molecular formula is C24H26N2O2S2. The molecule has 1 aromatic rings. The van der Waals surface area contributed by atoms with Gasteiger partial charge in [0.25, 0.3) is 0 Å². The van der Waals surface area contributed by atoms with Crippen LogP contribution in [0.25, 0.3) is 5.70 Å². The van der Waals surface area contributed by atoms with E-state index in [0.29, 0.717) is 6.42 Å². The number of hydrogen-bond acceptors (Lipinski definition) is 5. The quantitative estimate of drug-likeness (QED) is 0.644. The third-order valence-electron chi connectivity index (χ3n) is 5.05. The van der Waals surface area contributed by atoms with E-state index in [2.05, 4.69) is 54.1 Å². The molecule has 1 amide bonds. The molecule has 30 heavy (non-hydrogen) atoms. The third-order valence-corrected chi connectivity index (χ3v) is 7.70. The normalized spacial score (nSPS) is 19.8. The Kier molecular flexibility index (Phi) is 6.56. The van der Waals surface area contributed by atoms with Crippen LogP contribution in [0, 0.1) is 0 Å². The molecule has 0 aromatic heterocycles. The highest BCUT2D eigenvalue weighted by molar-refractivity contribution is 8.09. The van der Waals surface area contributed by atoms with Crippen molar-refractivity contribution in [2.75, 3.05) is 26.3 Å². The van der Waals surface area contributed by atoms with Gasteiger partial charge in [-0.2, -0.15) is 0 Å². The molecule has 1 N–H and O–H groups in total. The summed E-state index contributed by atoms with van der Waals surface area (Å²) in [6.07, 6.45) is 8.71. The molecule has 0 saturated carbocycles. The van der Waals surface area contributed by atoms with Crippen LogP contribution >= 0.6 is 23.5 Å². The van der Waals surface area contributed by atoms with E-state index in [1.165, 1.54) is 19.6 Å². The monoisotopic (exact) mass is 438 g/mol. The molecule has 4 rings (SSSR count). The predicted octanol–water partition coefficient (Wildman–Crippen LogP) is 5.33. The van der Waals surface area contributed by atoms with Crippen LogP contribution in [0.3, 0.4) is 0 Å². The Morgan fingerprint density at radius 1 is 1.27 bits per heavy atom. The maximum Gasteiger partial charge on any atom is 0.228 e. The van der Waals surface area contributed by atoms with Gasteiger partial charge in [-0.05, 0) is 32.1 Å². The molecule has 3 aliphatic rings. The second-order valence-electron chi connectivity index (χ2n) is 7.48. The molecule has 0 bridgehead atoms. The number of ether oxygens (including phenoxy) is 1. The summed E-state index contributed by atoms with van der Waals surface area (Å²) >= 11 is 3.54.